The van der Waals surface area contributed by atoms with Gasteiger partial charge in [-0.25, -0.2) is 0 Å². The molecule has 3 aromatic carbocycles. The van der Waals surface area contributed by atoms with Gasteiger partial charge in [0.2, 0.25) is 0 Å². The van der Waals surface area contributed by atoms with Gasteiger partial charge in [-0.3, -0.25) is 0 Å². The monoisotopic (exact) mass is 1100 g/mol. The molecule has 2 unspecified atom stereocenters. The first-order valence-electron chi connectivity index (χ1n) is 33.4. The number of hydrogen-bond acceptors (Lipinski definition) is 6. The fraction of sp³-hybridized carbons (Fsp3) is 0.676. The number of methoxy groups -OCH3 is 2. The molecular formula is C74H116N2O4. The molecular weight excluding hydrogens is 981 g/mol. The normalized spacial score (nSPS) is 12.5. The number of rotatable bonds is 52. The van der Waals surface area contributed by atoms with Crippen LogP contribution in [-0.4, -0.2) is 27.4 Å². The summed E-state index contributed by atoms with van der Waals surface area (Å²) in [5.74, 6) is 3.83. The molecule has 0 fully saturated rings. The summed E-state index contributed by atoms with van der Waals surface area (Å²) >= 11 is 0. The van der Waals surface area contributed by atoms with Gasteiger partial charge in [0.05, 0.1) is 50.7 Å². The zero-order valence-corrected chi connectivity index (χ0v) is 52.3. The molecule has 0 radical (unpaired) electrons. The second kappa shape index (κ2) is 47.9. The van der Waals surface area contributed by atoms with Crippen LogP contribution in [-0.2, 0) is 0 Å². The quantitative estimate of drug-likeness (QED) is 0.0318. The van der Waals surface area contributed by atoms with E-state index in [1.54, 1.807) is 14.2 Å². The van der Waals surface area contributed by atoms with E-state index in [2.05, 4.69) is 39.8 Å². The van der Waals surface area contributed by atoms with Crippen molar-refractivity contribution in [1.29, 1.82) is 10.5 Å². The fourth-order valence-electron chi connectivity index (χ4n) is 11.3. The van der Waals surface area contributed by atoms with Gasteiger partial charge < -0.3 is 18.9 Å². The van der Waals surface area contributed by atoms with Crippen LogP contribution < -0.4 is 18.9 Å². The van der Waals surface area contributed by atoms with Gasteiger partial charge in [-0.2, -0.15) is 10.5 Å². The molecule has 0 heterocycles. The van der Waals surface area contributed by atoms with E-state index in [1.807, 2.05) is 72.8 Å². The Morgan fingerprint density at radius 1 is 0.362 bits per heavy atom. The van der Waals surface area contributed by atoms with Crippen LogP contribution in [0.3, 0.4) is 0 Å². The fourth-order valence-corrected chi connectivity index (χ4v) is 11.3. The molecule has 80 heavy (non-hydrogen) atoms. The van der Waals surface area contributed by atoms with Crippen molar-refractivity contribution < 1.29 is 18.9 Å². The highest BCUT2D eigenvalue weighted by Gasteiger charge is 2.19. The van der Waals surface area contributed by atoms with Crippen LogP contribution in [0.1, 0.15) is 307 Å². The van der Waals surface area contributed by atoms with Gasteiger partial charge in [0, 0.05) is 11.1 Å². The van der Waals surface area contributed by atoms with Gasteiger partial charge in [-0.05, 0) is 97.2 Å². The van der Waals surface area contributed by atoms with Crippen LogP contribution in [0.2, 0.25) is 0 Å². The van der Waals surface area contributed by atoms with Crippen LogP contribution in [0.25, 0.3) is 23.3 Å². The number of allylic oxidation sites excluding steroid dienone is 2. The van der Waals surface area contributed by atoms with Crippen molar-refractivity contribution in [2.24, 2.45) is 11.8 Å². The third kappa shape index (κ3) is 32.1. The van der Waals surface area contributed by atoms with Crippen molar-refractivity contribution in [1.82, 2.24) is 0 Å². The van der Waals surface area contributed by atoms with Gasteiger partial charge in [0.25, 0.3) is 0 Å². The Morgan fingerprint density at radius 3 is 0.825 bits per heavy atom. The van der Waals surface area contributed by atoms with E-state index < -0.39 is 0 Å². The maximum atomic E-state index is 10.5. The molecule has 0 spiro atoms. The Labute approximate surface area is 492 Å². The summed E-state index contributed by atoms with van der Waals surface area (Å²) < 4.78 is 24.8. The zero-order valence-electron chi connectivity index (χ0n) is 52.3. The van der Waals surface area contributed by atoms with Crippen molar-refractivity contribution in [3.8, 4) is 35.1 Å². The summed E-state index contributed by atoms with van der Waals surface area (Å²) in [4.78, 5) is 0. The van der Waals surface area contributed by atoms with Crippen molar-refractivity contribution >= 4 is 23.3 Å². The number of nitrogens with zero attached hydrogens (tertiary/aromatic N) is 2. The largest absolute Gasteiger partial charge is 0.496 e. The molecule has 0 saturated carbocycles. The topological polar surface area (TPSA) is 84.5 Å². The summed E-state index contributed by atoms with van der Waals surface area (Å²) in [6.45, 7) is 10.6. The van der Waals surface area contributed by atoms with E-state index in [-0.39, 0.29) is 0 Å². The van der Waals surface area contributed by atoms with Crippen LogP contribution in [0.4, 0.5) is 0 Å². The smallest absolute Gasteiger partial charge is 0.128 e. The molecule has 3 aromatic rings. The third-order valence-corrected chi connectivity index (χ3v) is 16.6. The van der Waals surface area contributed by atoms with E-state index in [0.29, 0.717) is 45.6 Å². The number of ether oxygens (including phenoxy) is 4. The second-order valence-corrected chi connectivity index (χ2v) is 23.6. The van der Waals surface area contributed by atoms with Gasteiger partial charge in [0.15, 0.2) is 0 Å². The molecule has 6 heteroatoms. The number of unbranched alkanes of at least 4 members (excludes halogenated alkanes) is 32. The van der Waals surface area contributed by atoms with Crippen LogP contribution >= 0.6 is 0 Å². The summed E-state index contributed by atoms with van der Waals surface area (Å²) in [5.41, 5.74) is 3.84. The minimum absolute atomic E-state index is 0.434. The van der Waals surface area contributed by atoms with Crippen molar-refractivity contribution in [2.75, 3.05) is 27.4 Å². The molecule has 0 aromatic heterocycles. The van der Waals surface area contributed by atoms with Crippen LogP contribution in [0, 0.1) is 34.5 Å². The minimum atomic E-state index is 0.434. The lowest BCUT2D eigenvalue weighted by Crippen LogP contribution is -2.12. The molecule has 6 nitrogen and oxygen atoms in total. The molecule has 0 N–H and O–H groups in total. The van der Waals surface area contributed by atoms with Crippen molar-refractivity contribution in [2.45, 2.75) is 285 Å². The zero-order chi connectivity index (χ0) is 57.4. The van der Waals surface area contributed by atoms with Crippen molar-refractivity contribution in [3.05, 3.63) is 82.9 Å². The highest BCUT2D eigenvalue weighted by Crippen LogP contribution is 2.38. The molecule has 0 aliphatic rings. The molecule has 2 atom stereocenters. The molecule has 3 rings (SSSR count). The van der Waals surface area contributed by atoms with E-state index in [1.165, 1.54) is 257 Å². The van der Waals surface area contributed by atoms with Crippen LogP contribution in [0.5, 0.6) is 23.0 Å². The van der Waals surface area contributed by atoms with Gasteiger partial charge in [0.1, 0.15) is 23.0 Å². The first-order chi connectivity index (χ1) is 39.4. The molecule has 0 aliphatic carbocycles. The summed E-state index contributed by atoms with van der Waals surface area (Å²) in [6, 6.07) is 24.6. The average molecular weight is 1100 g/mol. The SMILES string of the molecule is CCCCCCCCCCCCC(CCCCCCCCCC)COc1ccc(C=C(C#N)c2cc(OC)c(C(C#N)=Cc3ccc(OCC(CCCCCCCCCC)CCCCCCCCCCCC)cc3)cc2OC)cc1. The van der Waals surface area contributed by atoms with Gasteiger partial charge in [-0.15, -0.1) is 0 Å². The predicted octanol–water partition coefficient (Wildman–Crippen LogP) is 23.5. The Hall–Kier alpha value is -4.68. The average Bonchev–Trinajstić information content (AvgIpc) is 3.49. The highest BCUT2D eigenvalue weighted by molar-refractivity contribution is 5.96. The Bertz CT molecular complexity index is 1960. The summed E-state index contributed by atoms with van der Waals surface area (Å²) in [5, 5.41) is 21.1. The highest BCUT2D eigenvalue weighted by atomic mass is 16.5. The Kier molecular flexibility index (Phi) is 41.7. The predicted molar refractivity (Wildman–Crippen MR) is 345 cm³/mol. The lowest BCUT2D eigenvalue weighted by Gasteiger charge is -2.18. The third-order valence-electron chi connectivity index (χ3n) is 16.6. The van der Waals surface area contributed by atoms with Crippen molar-refractivity contribution in [3.63, 3.8) is 0 Å². The molecule has 0 bridgehead atoms. The second-order valence-electron chi connectivity index (χ2n) is 23.6. The van der Waals surface area contributed by atoms with E-state index in [0.717, 1.165) is 35.8 Å². The lowest BCUT2D eigenvalue weighted by atomic mass is 9.94. The van der Waals surface area contributed by atoms with E-state index >= 15 is 0 Å². The molecule has 0 aliphatic heterocycles. The molecule has 0 amide bonds. The standard InChI is InChI=1S/C74H116N2O4/c1-7-11-15-19-23-27-29-33-37-41-45-65(43-39-35-31-25-21-17-13-9-3)61-79-69-51-47-63(48-52-69)55-67(59-75)71-57-74(78-6)72(58-73(71)77-5)68(60-76)56-64-49-53-70(54-50-64)80-62-66(44-40-36-32-26-22-18-14-10-4)46-42-38-34-30-28-24-20-16-12-8-2/h47-58,65-66H,7-46,61-62H2,1-6H3. The van der Waals surface area contributed by atoms with E-state index in [4.69, 9.17) is 18.9 Å². The number of hydrogen-bond donors (Lipinski definition) is 0. The number of nitriles is 2. The Morgan fingerprint density at radius 2 is 0.600 bits per heavy atom. The van der Waals surface area contributed by atoms with Gasteiger partial charge in [-0.1, -0.05) is 283 Å². The summed E-state index contributed by atoms with van der Waals surface area (Å²) in [7, 11) is 3.20. The minimum Gasteiger partial charge on any atom is -0.496 e. The summed E-state index contributed by atoms with van der Waals surface area (Å²) in [6.07, 6.45) is 57.4. The van der Waals surface area contributed by atoms with Gasteiger partial charge >= 0.3 is 0 Å². The molecule has 446 valence electrons. The lowest BCUT2D eigenvalue weighted by molar-refractivity contribution is 0.224. The number of benzene rings is 3. The first-order valence-corrected chi connectivity index (χ1v) is 33.4. The Balaban J connectivity index is 1.64. The molecule has 0 saturated heterocycles. The maximum absolute atomic E-state index is 10.5. The van der Waals surface area contributed by atoms with Crippen LogP contribution in [0.15, 0.2) is 60.7 Å². The van der Waals surface area contributed by atoms with E-state index in [9.17, 15) is 10.5 Å². The maximum Gasteiger partial charge on any atom is 0.128 e. The first kappa shape index (κ1) is 69.6.